The van der Waals surface area contributed by atoms with Gasteiger partial charge in [0.1, 0.15) is 5.75 Å². The molecular weight excluding hydrogens is 456 g/mol. The molecule has 0 saturated carbocycles. The van der Waals surface area contributed by atoms with Crippen LogP contribution >= 0.6 is 0 Å². The Hall–Kier alpha value is -4.39. The number of aromatic nitrogens is 1. The number of fused-ring (bicyclic) bond motifs is 1. The van der Waals surface area contributed by atoms with Crippen molar-refractivity contribution in [3.63, 3.8) is 0 Å². The van der Waals surface area contributed by atoms with E-state index in [1.54, 1.807) is 12.1 Å². The minimum Gasteiger partial charge on any atom is -0.479 e. The number of hydrogen-bond acceptors (Lipinski definition) is 4. The summed E-state index contributed by atoms with van der Waals surface area (Å²) in [4.78, 5) is 37.1. The lowest BCUT2D eigenvalue weighted by Crippen LogP contribution is -2.28. The van der Waals surface area contributed by atoms with Crippen LogP contribution in [-0.2, 0) is 29.0 Å². The van der Waals surface area contributed by atoms with Crippen LogP contribution in [0.2, 0.25) is 0 Å². The average molecular weight is 485 g/mol. The zero-order valence-corrected chi connectivity index (χ0v) is 20.0. The lowest BCUT2D eigenvalue weighted by Gasteiger charge is -2.16. The fourth-order valence-electron chi connectivity index (χ4n) is 4.53. The van der Waals surface area contributed by atoms with Crippen molar-refractivity contribution in [1.29, 1.82) is 0 Å². The number of nitrogens with zero attached hydrogens (tertiary/aromatic N) is 1. The van der Waals surface area contributed by atoms with Gasteiger partial charge in [0.25, 0.3) is 11.7 Å². The van der Waals surface area contributed by atoms with Crippen LogP contribution in [0.1, 0.15) is 40.5 Å². The summed E-state index contributed by atoms with van der Waals surface area (Å²) < 4.78 is 7.99. The molecule has 0 aliphatic heterocycles. The molecule has 184 valence electrons. The second kappa shape index (κ2) is 10.9. The number of carbonyl (C=O) groups is 3. The Morgan fingerprint density at radius 3 is 2.14 bits per heavy atom. The van der Waals surface area contributed by atoms with Crippen molar-refractivity contribution in [2.75, 3.05) is 0 Å². The number of ether oxygens (including phenoxy) is 1. The van der Waals surface area contributed by atoms with Crippen molar-refractivity contribution in [3.05, 3.63) is 101 Å². The smallest absolute Gasteiger partial charge is 0.344 e. The predicted octanol–water partition coefficient (Wildman–Crippen LogP) is 4.38. The quantitative estimate of drug-likeness (QED) is 0.242. The van der Waals surface area contributed by atoms with Gasteiger partial charge in [0.2, 0.25) is 0 Å². The normalized spacial score (nSPS) is 11.8. The summed E-state index contributed by atoms with van der Waals surface area (Å²) in [7, 11) is 0. The minimum atomic E-state index is -1.14. The summed E-state index contributed by atoms with van der Waals surface area (Å²) in [6.45, 7) is 2.36. The number of amides is 1. The first kappa shape index (κ1) is 24.7. The Morgan fingerprint density at radius 2 is 1.56 bits per heavy atom. The third-order valence-corrected chi connectivity index (χ3v) is 6.21. The highest BCUT2D eigenvalue weighted by atomic mass is 16.5. The molecule has 0 aliphatic rings. The van der Waals surface area contributed by atoms with Crippen molar-refractivity contribution in [1.82, 2.24) is 4.57 Å². The van der Waals surface area contributed by atoms with Gasteiger partial charge in [0.05, 0.1) is 16.5 Å². The van der Waals surface area contributed by atoms with Crippen LogP contribution in [0.3, 0.4) is 0 Å². The van der Waals surface area contributed by atoms with Crippen LogP contribution in [0.15, 0.2) is 78.9 Å². The Bertz CT molecular complexity index is 1390. The number of ketones is 1. The minimum absolute atomic E-state index is 0.165. The SMILES string of the molecule is CCc1c(C(=O)C(N)=O)c2c(OC(CCc3ccccc3)C(=O)O)cccc2n1Cc1ccccc1. The third-order valence-electron chi connectivity index (χ3n) is 6.21. The molecule has 4 aromatic rings. The molecule has 1 unspecified atom stereocenters. The molecule has 0 spiro atoms. The molecule has 0 radical (unpaired) electrons. The molecular formula is C29H28N2O5. The first-order valence-corrected chi connectivity index (χ1v) is 11.9. The standard InChI is InChI=1S/C29H28N2O5/c1-2-21-26(27(32)28(30)33)25-22(31(21)18-20-12-7-4-8-13-20)14-9-15-23(25)36-24(29(34)35)17-16-19-10-5-3-6-11-19/h3-15,24H,2,16-18H2,1H3,(H2,30,33)(H,34,35). The first-order valence-electron chi connectivity index (χ1n) is 11.9. The second-order valence-electron chi connectivity index (χ2n) is 8.56. The molecule has 1 amide bonds. The molecule has 7 nitrogen and oxygen atoms in total. The van der Waals surface area contributed by atoms with Gasteiger partial charge in [-0.15, -0.1) is 0 Å². The Kier molecular flexibility index (Phi) is 7.49. The molecule has 3 aromatic carbocycles. The number of nitrogens with two attached hydrogens (primary N) is 1. The summed E-state index contributed by atoms with van der Waals surface area (Å²) in [5.41, 5.74) is 8.91. The lowest BCUT2D eigenvalue weighted by atomic mass is 10.0. The van der Waals surface area contributed by atoms with E-state index >= 15 is 0 Å². The van der Waals surface area contributed by atoms with Crippen molar-refractivity contribution >= 4 is 28.6 Å². The zero-order chi connectivity index (χ0) is 25.7. The molecule has 1 aromatic heterocycles. The van der Waals surface area contributed by atoms with Gasteiger partial charge < -0.3 is 20.1 Å². The highest BCUT2D eigenvalue weighted by Gasteiger charge is 2.29. The molecule has 0 saturated heterocycles. The number of rotatable bonds is 11. The maximum absolute atomic E-state index is 13.0. The topological polar surface area (TPSA) is 112 Å². The summed E-state index contributed by atoms with van der Waals surface area (Å²) in [5.74, 6) is -2.77. The first-order chi connectivity index (χ1) is 17.4. The highest BCUT2D eigenvalue weighted by Crippen LogP contribution is 2.36. The van der Waals surface area contributed by atoms with E-state index in [2.05, 4.69) is 0 Å². The fraction of sp³-hybridized carbons (Fsp3) is 0.207. The maximum atomic E-state index is 13.0. The molecule has 0 fully saturated rings. The molecule has 4 rings (SSSR count). The van der Waals surface area contributed by atoms with Crippen LogP contribution in [-0.4, -0.2) is 33.4 Å². The second-order valence-corrected chi connectivity index (χ2v) is 8.56. The van der Waals surface area contributed by atoms with Crippen molar-refractivity contribution in [3.8, 4) is 5.75 Å². The van der Waals surface area contributed by atoms with Crippen LogP contribution in [0, 0.1) is 0 Å². The van der Waals surface area contributed by atoms with Gasteiger partial charge in [-0.05, 0) is 42.5 Å². The number of primary amides is 1. The van der Waals surface area contributed by atoms with Crippen LogP contribution < -0.4 is 10.5 Å². The van der Waals surface area contributed by atoms with E-state index in [0.717, 1.165) is 11.1 Å². The zero-order valence-electron chi connectivity index (χ0n) is 20.0. The molecule has 36 heavy (non-hydrogen) atoms. The van der Waals surface area contributed by atoms with Gasteiger partial charge in [-0.3, -0.25) is 9.59 Å². The van der Waals surface area contributed by atoms with Crippen LogP contribution in [0.4, 0.5) is 0 Å². The van der Waals surface area contributed by atoms with Crippen molar-refractivity contribution in [2.45, 2.75) is 38.8 Å². The molecule has 0 aliphatic carbocycles. The Balaban J connectivity index is 1.80. The van der Waals surface area contributed by atoms with Gasteiger partial charge in [0.15, 0.2) is 6.10 Å². The van der Waals surface area contributed by atoms with E-state index in [4.69, 9.17) is 10.5 Å². The summed E-state index contributed by atoms with van der Waals surface area (Å²) >= 11 is 0. The van der Waals surface area contributed by atoms with Gasteiger partial charge in [-0.1, -0.05) is 73.7 Å². The third kappa shape index (κ3) is 5.15. The van der Waals surface area contributed by atoms with E-state index in [1.165, 1.54) is 0 Å². The number of carboxylic acid groups (broad SMARTS) is 1. The van der Waals surface area contributed by atoms with Gasteiger partial charge >= 0.3 is 5.97 Å². The van der Waals surface area contributed by atoms with Crippen LogP contribution in [0.25, 0.3) is 10.9 Å². The van der Waals surface area contributed by atoms with Gasteiger partial charge in [-0.25, -0.2) is 4.79 Å². The summed E-state index contributed by atoms with van der Waals surface area (Å²) in [6, 6.07) is 24.5. The monoisotopic (exact) mass is 484 g/mol. The van der Waals surface area contributed by atoms with E-state index in [9.17, 15) is 19.5 Å². The Morgan fingerprint density at radius 1 is 0.917 bits per heavy atom. The van der Waals surface area contributed by atoms with E-state index in [1.807, 2.05) is 78.2 Å². The highest BCUT2D eigenvalue weighted by molar-refractivity contribution is 6.45. The van der Waals surface area contributed by atoms with Gasteiger partial charge in [0, 0.05) is 12.2 Å². The van der Waals surface area contributed by atoms with Crippen molar-refractivity contribution in [2.24, 2.45) is 5.73 Å². The number of hydrogen-bond donors (Lipinski definition) is 2. The number of carboxylic acids is 1. The number of aryl methyl sites for hydroxylation is 1. The number of aliphatic carboxylic acids is 1. The van der Waals surface area contributed by atoms with Crippen LogP contribution in [0.5, 0.6) is 5.75 Å². The molecule has 3 N–H and O–H groups in total. The lowest BCUT2D eigenvalue weighted by molar-refractivity contribution is -0.145. The molecule has 7 heteroatoms. The van der Waals surface area contributed by atoms with E-state index < -0.39 is 23.8 Å². The number of Topliss-reactive ketones (excluding diaryl/α,β-unsaturated/α-hetero) is 1. The van der Waals surface area contributed by atoms with Crippen molar-refractivity contribution < 1.29 is 24.2 Å². The predicted molar refractivity (Wildman–Crippen MR) is 137 cm³/mol. The fourth-order valence-corrected chi connectivity index (χ4v) is 4.53. The summed E-state index contributed by atoms with van der Waals surface area (Å²) in [6.07, 6.45) is 0.0666. The molecule has 1 atom stereocenters. The van der Waals surface area contributed by atoms with Gasteiger partial charge in [-0.2, -0.15) is 0 Å². The molecule has 1 heterocycles. The number of carbonyl (C=O) groups excluding carboxylic acids is 2. The summed E-state index contributed by atoms with van der Waals surface area (Å²) in [5, 5.41) is 10.3. The molecule has 0 bridgehead atoms. The maximum Gasteiger partial charge on any atom is 0.344 e. The Labute approximate surface area is 209 Å². The van der Waals surface area contributed by atoms with E-state index in [0.29, 0.717) is 36.0 Å². The van der Waals surface area contributed by atoms with E-state index in [-0.39, 0.29) is 17.7 Å². The number of benzene rings is 3. The largest absolute Gasteiger partial charge is 0.479 e. The average Bonchev–Trinajstić information content (AvgIpc) is 3.20.